The van der Waals surface area contributed by atoms with Gasteiger partial charge in [0.1, 0.15) is 0 Å². The Morgan fingerprint density at radius 3 is 2.13 bits per heavy atom. The highest BCUT2D eigenvalue weighted by molar-refractivity contribution is 9.10. The van der Waals surface area contributed by atoms with Crippen molar-refractivity contribution in [3.63, 3.8) is 0 Å². The van der Waals surface area contributed by atoms with Gasteiger partial charge in [-0.3, -0.25) is 0 Å². The van der Waals surface area contributed by atoms with E-state index in [0.29, 0.717) is 18.4 Å². The molecule has 52 heavy (non-hydrogen) atoms. The van der Waals surface area contributed by atoms with Crippen molar-refractivity contribution < 1.29 is 0 Å². The molecule has 6 aromatic rings. The topological polar surface area (TPSA) is 35.9 Å². The molecule has 0 amide bonds. The van der Waals surface area contributed by atoms with Crippen molar-refractivity contribution in [1.29, 1.82) is 0 Å². The quantitative estimate of drug-likeness (QED) is 0.155. The summed E-state index contributed by atoms with van der Waals surface area (Å²) in [5.41, 5.74) is 23.4. The summed E-state index contributed by atoms with van der Waals surface area (Å²) in [6.45, 7) is 9.52. The Morgan fingerprint density at radius 2 is 1.50 bits per heavy atom. The average molecular weight is 814 g/mol. The van der Waals surface area contributed by atoms with Gasteiger partial charge in [0.25, 0.3) is 0 Å². The van der Waals surface area contributed by atoms with Crippen LogP contribution in [0.1, 0.15) is 97.8 Å². The number of aromatic nitrogens is 2. The molecule has 264 valence electrons. The summed E-state index contributed by atoms with van der Waals surface area (Å²) >= 11 is 7.55. The van der Waals surface area contributed by atoms with E-state index in [1.165, 1.54) is 104 Å². The molecule has 8 rings (SSSR count). The van der Waals surface area contributed by atoms with Gasteiger partial charge in [0.05, 0.1) is 22.4 Å². The molecule has 2 N–H and O–H groups in total. The number of hydrogen-bond donors (Lipinski definition) is 1. The molecule has 2 heterocycles. The molecule has 2 aliphatic carbocycles. The minimum atomic E-state index is 0.298. The Bertz CT molecular complexity index is 2440. The van der Waals surface area contributed by atoms with E-state index in [4.69, 9.17) is 5.73 Å². The second kappa shape index (κ2) is 14.5. The van der Waals surface area contributed by atoms with E-state index in [1.807, 2.05) is 0 Å². The number of benzene rings is 4. The Kier molecular flexibility index (Phi) is 9.80. The maximum absolute atomic E-state index is 6.49. The lowest BCUT2D eigenvalue weighted by Gasteiger charge is -2.18. The van der Waals surface area contributed by atoms with Crippen LogP contribution in [0, 0.1) is 13.8 Å². The van der Waals surface area contributed by atoms with Gasteiger partial charge in [0, 0.05) is 37.0 Å². The Morgan fingerprint density at radius 1 is 0.846 bits per heavy atom. The molecule has 2 aliphatic rings. The van der Waals surface area contributed by atoms with Crippen molar-refractivity contribution >= 4 is 65.8 Å². The zero-order valence-electron chi connectivity index (χ0n) is 30.6. The van der Waals surface area contributed by atoms with Gasteiger partial charge in [0.15, 0.2) is 0 Å². The van der Waals surface area contributed by atoms with Crippen LogP contribution in [0.5, 0.6) is 0 Å². The Hall–Kier alpha value is -3.90. The third-order valence-electron chi connectivity index (χ3n) is 11.5. The maximum Gasteiger partial charge on any atom is 0.0538 e. The Balaban J connectivity index is 1.22. The van der Waals surface area contributed by atoms with Crippen molar-refractivity contribution in [3.05, 3.63) is 139 Å². The highest BCUT2D eigenvalue weighted by atomic mass is 79.9. The summed E-state index contributed by atoms with van der Waals surface area (Å²) < 4.78 is 7.15. The smallest absolute Gasteiger partial charge is 0.0538 e. The normalized spacial score (nSPS) is 16.1. The van der Waals surface area contributed by atoms with E-state index >= 15 is 0 Å². The lowest BCUT2D eigenvalue weighted by Crippen LogP contribution is -2.14. The summed E-state index contributed by atoms with van der Waals surface area (Å²) in [7, 11) is 0. The number of aryl methyl sites for hydroxylation is 2. The first-order valence-electron chi connectivity index (χ1n) is 18.9. The monoisotopic (exact) mass is 811 g/mol. The number of nitrogens with zero attached hydrogens (tertiary/aromatic N) is 2. The van der Waals surface area contributed by atoms with Crippen LogP contribution in [0.25, 0.3) is 56.5 Å². The molecule has 5 heteroatoms. The molecule has 0 spiro atoms. The summed E-state index contributed by atoms with van der Waals surface area (Å²) in [6.07, 6.45) is 18.5. The van der Waals surface area contributed by atoms with Gasteiger partial charge < -0.3 is 14.9 Å². The second-order valence-electron chi connectivity index (χ2n) is 14.7. The van der Waals surface area contributed by atoms with Gasteiger partial charge in [-0.1, -0.05) is 87.6 Å². The number of unbranched alkanes of at least 4 members (excludes halogenated alkanes) is 1. The molecule has 1 saturated carbocycles. The van der Waals surface area contributed by atoms with E-state index in [9.17, 15) is 0 Å². The van der Waals surface area contributed by atoms with Crippen molar-refractivity contribution in [3.8, 4) is 22.5 Å². The summed E-state index contributed by atoms with van der Waals surface area (Å²) in [5.74, 6) is 0.789. The van der Waals surface area contributed by atoms with E-state index in [-0.39, 0.29) is 0 Å². The molecule has 2 unspecified atom stereocenters. The highest BCUT2D eigenvalue weighted by Gasteiger charge is 2.31. The Labute approximate surface area is 325 Å². The van der Waals surface area contributed by atoms with Crippen LogP contribution in [0.4, 0.5) is 0 Å². The predicted octanol–water partition coefficient (Wildman–Crippen LogP) is 13.9. The SMILES string of the molecule is C/C=C\c1c(C(CN)CCCC)c2cc(Br)ccc2n1-c1ccc(-c2ccc(-n3c4c(c5cc(Br)ccc53)C3CCCC3=CC=C4)cc2C)c(C)c1. The van der Waals surface area contributed by atoms with Crippen LogP contribution in [-0.4, -0.2) is 15.7 Å². The highest BCUT2D eigenvalue weighted by Crippen LogP contribution is 2.48. The van der Waals surface area contributed by atoms with Gasteiger partial charge in [-0.05, 0) is 165 Å². The van der Waals surface area contributed by atoms with Gasteiger partial charge in [-0.2, -0.15) is 0 Å². The zero-order valence-corrected chi connectivity index (χ0v) is 33.8. The van der Waals surface area contributed by atoms with Crippen molar-refractivity contribution in [2.45, 2.75) is 78.1 Å². The number of allylic oxidation sites excluding steroid dienone is 4. The fraction of sp³-hybridized carbons (Fsp3) is 0.277. The van der Waals surface area contributed by atoms with Crippen LogP contribution in [0.15, 0.2) is 106 Å². The van der Waals surface area contributed by atoms with Gasteiger partial charge in [-0.25, -0.2) is 0 Å². The third-order valence-corrected chi connectivity index (χ3v) is 12.5. The molecule has 0 saturated heterocycles. The van der Waals surface area contributed by atoms with Crippen LogP contribution in [0.3, 0.4) is 0 Å². The summed E-state index contributed by atoms with van der Waals surface area (Å²) in [4.78, 5) is 0. The molecule has 3 nitrogen and oxygen atoms in total. The van der Waals surface area contributed by atoms with Crippen LogP contribution < -0.4 is 5.73 Å². The predicted molar refractivity (Wildman–Crippen MR) is 230 cm³/mol. The van der Waals surface area contributed by atoms with Crippen LogP contribution in [0.2, 0.25) is 0 Å². The maximum atomic E-state index is 6.49. The standard InChI is InChI=1S/C47H47Br2N3/c1-5-7-11-32(28-50)46-40-26-33(48)16-22-42(40)51(44(46)10-6-2)35-18-20-37(29(3)24-35)38-21-19-36(25-30(38)4)52-43-23-17-34(49)27-41(43)47-39-14-8-12-31(39)13-9-15-45(47)52/h6,9-10,13,15-27,32,39H,5,7-8,11-12,14,28,50H2,1-4H3/b10-6-. The largest absolute Gasteiger partial charge is 0.330 e. The number of hydrogen-bond acceptors (Lipinski definition) is 1. The van der Waals surface area contributed by atoms with Crippen molar-refractivity contribution in [1.82, 2.24) is 9.13 Å². The fourth-order valence-corrected chi connectivity index (χ4v) is 9.85. The molecule has 0 radical (unpaired) electrons. The van der Waals surface area contributed by atoms with Crippen LogP contribution in [-0.2, 0) is 0 Å². The van der Waals surface area contributed by atoms with Crippen LogP contribution >= 0.6 is 31.9 Å². The fourth-order valence-electron chi connectivity index (χ4n) is 9.12. The zero-order chi connectivity index (χ0) is 36.1. The number of fused-ring (bicyclic) bond motifs is 6. The summed E-state index contributed by atoms with van der Waals surface area (Å²) in [6, 6.07) is 27.5. The first-order valence-corrected chi connectivity index (χ1v) is 20.5. The number of rotatable bonds is 9. The van der Waals surface area contributed by atoms with E-state index in [0.717, 1.165) is 21.8 Å². The van der Waals surface area contributed by atoms with Gasteiger partial charge in [-0.15, -0.1) is 0 Å². The van der Waals surface area contributed by atoms with Gasteiger partial charge in [0.2, 0.25) is 0 Å². The average Bonchev–Trinajstić information content (AvgIpc) is 3.77. The first kappa shape index (κ1) is 35.1. The van der Waals surface area contributed by atoms with Crippen molar-refractivity contribution in [2.24, 2.45) is 5.73 Å². The molecule has 2 aromatic heterocycles. The van der Waals surface area contributed by atoms with E-state index in [1.54, 1.807) is 5.57 Å². The third kappa shape index (κ3) is 5.99. The molecule has 4 aromatic carbocycles. The van der Waals surface area contributed by atoms with E-state index < -0.39 is 0 Å². The lowest BCUT2D eigenvalue weighted by molar-refractivity contribution is 0.593. The van der Waals surface area contributed by atoms with Gasteiger partial charge >= 0.3 is 0 Å². The number of halogens is 2. The minimum Gasteiger partial charge on any atom is -0.330 e. The molecule has 1 fully saturated rings. The minimum absolute atomic E-state index is 0.298. The molecular weight excluding hydrogens is 766 g/mol. The molecule has 0 aliphatic heterocycles. The second-order valence-corrected chi connectivity index (χ2v) is 16.5. The molecule has 2 atom stereocenters. The first-order chi connectivity index (χ1) is 25.3. The molecular formula is C47H47Br2N3. The number of nitrogens with two attached hydrogens (primary N) is 1. The lowest BCUT2D eigenvalue weighted by atomic mass is 9.91. The summed E-state index contributed by atoms with van der Waals surface area (Å²) in [5, 5.41) is 2.63. The molecule has 0 bridgehead atoms. The van der Waals surface area contributed by atoms with Crippen molar-refractivity contribution in [2.75, 3.05) is 6.54 Å². The van der Waals surface area contributed by atoms with E-state index in [2.05, 4.69) is 172 Å².